The number of fused-ring (bicyclic) bond motifs is 1. The Labute approximate surface area is 145 Å². The van der Waals surface area contributed by atoms with Gasteiger partial charge in [-0.15, -0.1) is 5.48 Å². The molecule has 1 aliphatic heterocycles. The van der Waals surface area contributed by atoms with E-state index in [2.05, 4.69) is 15.6 Å². The predicted molar refractivity (Wildman–Crippen MR) is 90.7 cm³/mol. The van der Waals surface area contributed by atoms with Gasteiger partial charge in [-0.1, -0.05) is 6.92 Å². The Morgan fingerprint density at radius 3 is 2.84 bits per heavy atom. The van der Waals surface area contributed by atoms with Crippen molar-refractivity contribution in [2.45, 2.75) is 39.3 Å². The number of amides is 2. The molecule has 2 aromatic rings. The largest absolute Gasteiger partial charge is 0.366 e. The summed E-state index contributed by atoms with van der Waals surface area (Å²) in [7, 11) is 0. The zero-order valence-corrected chi connectivity index (χ0v) is 14.4. The van der Waals surface area contributed by atoms with Crippen LogP contribution in [-0.4, -0.2) is 50.8 Å². The van der Waals surface area contributed by atoms with Crippen LogP contribution in [0.15, 0.2) is 12.4 Å². The van der Waals surface area contributed by atoms with Crippen LogP contribution < -0.4 is 11.2 Å². The predicted octanol–water partition coefficient (Wildman–Crippen LogP) is 0.828. The number of primary amides is 1. The van der Waals surface area contributed by atoms with E-state index in [-0.39, 0.29) is 6.04 Å². The van der Waals surface area contributed by atoms with E-state index in [1.54, 1.807) is 10.9 Å². The minimum atomic E-state index is -0.493. The number of pyridine rings is 1. The molecule has 1 saturated heterocycles. The minimum absolute atomic E-state index is 0.124. The number of aromatic nitrogens is 3. The summed E-state index contributed by atoms with van der Waals surface area (Å²) in [4.78, 5) is 34.7. The number of hydrogen-bond acceptors (Lipinski definition) is 6. The first-order valence-electron chi connectivity index (χ1n) is 8.39. The Balaban J connectivity index is 1.73. The van der Waals surface area contributed by atoms with E-state index in [9.17, 15) is 9.59 Å². The summed E-state index contributed by atoms with van der Waals surface area (Å²) in [5.74, 6) is -0.493. The SMILES string of the molecule is CCc1c(C(=O)ON[C@H]2CCN(C(N)=O)C2)cnc2c1cnn2CC. The monoisotopic (exact) mass is 346 g/mol. The number of aryl methyl sites for hydroxylation is 2. The van der Waals surface area contributed by atoms with Gasteiger partial charge in [-0.05, 0) is 25.3 Å². The molecule has 9 nitrogen and oxygen atoms in total. The Bertz CT molecular complexity index is 803. The molecule has 0 spiro atoms. The number of likely N-dealkylation sites (tertiary alicyclic amines) is 1. The second kappa shape index (κ2) is 7.06. The molecule has 9 heteroatoms. The fourth-order valence-electron chi connectivity index (χ4n) is 3.11. The Morgan fingerprint density at radius 2 is 2.20 bits per heavy atom. The highest BCUT2D eigenvalue weighted by molar-refractivity contribution is 5.96. The molecule has 1 aliphatic rings. The lowest BCUT2D eigenvalue weighted by Crippen LogP contribution is -2.38. The lowest BCUT2D eigenvalue weighted by atomic mass is 10.0. The fourth-order valence-corrected chi connectivity index (χ4v) is 3.11. The van der Waals surface area contributed by atoms with Crippen molar-refractivity contribution in [1.29, 1.82) is 0 Å². The first kappa shape index (κ1) is 17.2. The average Bonchev–Trinajstić information content (AvgIpc) is 3.25. The number of nitrogens with one attached hydrogen (secondary N) is 1. The smallest absolute Gasteiger partial charge is 0.358 e. The summed E-state index contributed by atoms with van der Waals surface area (Å²) in [6, 6.07) is -0.590. The van der Waals surface area contributed by atoms with E-state index in [0.717, 1.165) is 16.6 Å². The summed E-state index contributed by atoms with van der Waals surface area (Å²) in [6.45, 7) is 5.65. The summed E-state index contributed by atoms with van der Waals surface area (Å²) in [5.41, 5.74) is 10.0. The average molecular weight is 346 g/mol. The van der Waals surface area contributed by atoms with Crippen LogP contribution in [0.25, 0.3) is 11.0 Å². The number of urea groups is 1. The van der Waals surface area contributed by atoms with E-state index >= 15 is 0 Å². The van der Waals surface area contributed by atoms with Crippen LogP contribution in [0.5, 0.6) is 0 Å². The molecule has 3 rings (SSSR count). The van der Waals surface area contributed by atoms with Gasteiger partial charge in [-0.3, -0.25) is 0 Å². The summed E-state index contributed by atoms with van der Waals surface area (Å²) >= 11 is 0. The Hall–Kier alpha value is -2.68. The van der Waals surface area contributed by atoms with Crippen LogP contribution >= 0.6 is 0 Å². The van der Waals surface area contributed by atoms with Crippen molar-refractivity contribution >= 4 is 23.0 Å². The van der Waals surface area contributed by atoms with Crippen LogP contribution in [0.2, 0.25) is 0 Å². The summed E-state index contributed by atoms with van der Waals surface area (Å²) in [5, 5.41) is 5.15. The standard InChI is InChI=1S/C16H22N6O3/c1-3-11-12-8-19-22(4-2)14(12)18-7-13(11)15(23)25-20-10-5-6-21(9-10)16(17)24/h7-8,10,20H,3-6,9H2,1-2H3,(H2,17,24)/t10-/m0/s1. The van der Waals surface area contributed by atoms with Crippen molar-refractivity contribution in [2.75, 3.05) is 13.1 Å². The van der Waals surface area contributed by atoms with Gasteiger partial charge in [0.05, 0.1) is 17.8 Å². The number of hydroxylamine groups is 1. The van der Waals surface area contributed by atoms with Crippen LogP contribution in [0.4, 0.5) is 4.79 Å². The van der Waals surface area contributed by atoms with Crippen LogP contribution in [0.1, 0.15) is 36.2 Å². The lowest BCUT2D eigenvalue weighted by Gasteiger charge is -2.15. The molecule has 2 aromatic heterocycles. The number of carbonyl (C=O) groups excluding carboxylic acids is 2. The van der Waals surface area contributed by atoms with Gasteiger partial charge in [0.25, 0.3) is 0 Å². The molecule has 0 aliphatic carbocycles. The lowest BCUT2D eigenvalue weighted by molar-refractivity contribution is 0.0165. The van der Waals surface area contributed by atoms with Gasteiger partial charge in [0.1, 0.15) is 0 Å². The zero-order valence-electron chi connectivity index (χ0n) is 14.4. The number of nitrogens with two attached hydrogens (primary N) is 1. The third-order valence-corrected chi connectivity index (χ3v) is 4.47. The molecule has 0 radical (unpaired) electrons. The van der Waals surface area contributed by atoms with Crippen molar-refractivity contribution < 1.29 is 14.4 Å². The minimum Gasteiger partial charge on any atom is -0.366 e. The molecule has 0 unspecified atom stereocenters. The molecule has 134 valence electrons. The molecular formula is C16H22N6O3. The second-order valence-corrected chi connectivity index (χ2v) is 5.98. The maximum atomic E-state index is 12.5. The van der Waals surface area contributed by atoms with Gasteiger partial charge in [0.15, 0.2) is 5.65 Å². The number of rotatable bonds is 5. The van der Waals surface area contributed by atoms with Gasteiger partial charge in [0.2, 0.25) is 0 Å². The van der Waals surface area contributed by atoms with Crippen molar-refractivity contribution in [3.8, 4) is 0 Å². The van der Waals surface area contributed by atoms with Gasteiger partial charge in [0, 0.05) is 31.2 Å². The molecule has 1 atom stereocenters. The topological polar surface area (TPSA) is 115 Å². The van der Waals surface area contributed by atoms with Gasteiger partial charge >= 0.3 is 12.0 Å². The van der Waals surface area contributed by atoms with E-state index in [4.69, 9.17) is 10.6 Å². The Morgan fingerprint density at radius 1 is 1.40 bits per heavy atom. The molecular weight excluding hydrogens is 324 g/mol. The maximum Gasteiger partial charge on any atom is 0.358 e. The number of nitrogens with zero attached hydrogens (tertiary/aromatic N) is 4. The Kier molecular flexibility index (Phi) is 4.84. The second-order valence-electron chi connectivity index (χ2n) is 5.98. The van der Waals surface area contributed by atoms with E-state index in [1.165, 1.54) is 11.1 Å². The highest BCUT2D eigenvalue weighted by atomic mass is 16.7. The quantitative estimate of drug-likeness (QED) is 0.775. The molecule has 1 fully saturated rings. The van der Waals surface area contributed by atoms with E-state index in [0.29, 0.717) is 38.0 Å². The molecule has 0 aromatic carbocycles. The van der Waals surface area contributed by atoms with Gasteiger partial charge in [-0.2, -0.15) is 5.10 Å². The first-order valence-corrected chi connectivity index (χ1v) is 8.39. The maximum absolute atomic E-state index is 12.5. The van der Waals surface area contributed by atoms with Crippen molar-refractivity contribution in [1.82, 2.24) is 25.1 Å². The van der Waals surface area contributed by atoms with Crippen LogP contribution in [-0.2, 0) is 17.8 Å². The highest BCUT2D eigenvalue weighted by Crippen LogP contribution is 2.22. The van der Waals surface area contributed by atoms with Crippen LogP contribution in [0, 0.1) is 0 Å². The normalized spacial score (nSPS) is 17.2. The highest BCUT2D eigenvalue weighted by Gasteiger charge is 2.26. The van der Waals surface area contributed by atoms with Crippen molar-refractivity contribution in [3.05, 3.63) is 23.5 Å². The molecule has 3 heterocycles. The molecule has 0 bridgehead atoms. The third-order valence-electron chi connectivity index (χ3n) is 4.47. The number of hydrogen-bond donors (Lipinski definition) is 2. The number of carbonyl (C=O) groups is 2. The molecule has 0 saturated carbocycles. The van der Waals surface area contributed by atoms with E-state index in [1.807, 2.05) is 13.8 Å². The fraction of sp³-hybridized carbons (Fsp3) is 0.500. The first-order chi connectivity index (χ1) is 12.0. The summed E-state index contributed by atoms with van der Waals surface area (Å²) < 4.78 is 1.79. The van der Waals surface area contributed by atoms with Crippen molar-refractivity contribution in [3.63, 3.8) is 0 Å². The molecule has 2 amide bonds. The summed E-state index contributed by atoms with van der Waals surface area (Å²) in [6.07, 6.45) is 4.61. The van der Waals surface area contributed by atoms with Gasteiger partial charge < -0.3 is 15.5 Å². The van der Waals surface area contributed by atoms with E-state index < -0.39 is 12.0 Å². The van der Waals surface area contributed by atoms with Gasteiger partial charge in [-0.25, -0.2) is 19.3 Å². The molecule has 3 N–H and O–H groups in total. The van der Waals surface area contributed by atoms with Crippen molar-refractivity contribution in [2.24, 2.45) is 5.73 Å². The molecule has 25 heavy (non-hydrogen) atoms. The third kappa shape index (κ3) is 3.27. The zero-order chi connectivity index (χ0) is 18.0. The van der Waals surface area contributed by atoms with Crippen LogP contribution in [0.3, 0.4) is 0 Å².